The largest absolute Gasteiger partial charge is 0.388 e. The molecular formula is C16H31NO. The molecule has 18 heavy (non-hydrogen) atoms. The molecule has 2 N–H and O–H groups in total. The molecule has 2 fully saturated rings. The molecule has 0 aromatic heterocycles. The molecule has 0 aromatic carbocycles. The predicted molar refractivity (Wildman–Crippen MR) is 76.7 cm³/mol. The molecule has 2 heteroatoms. The molecule has 1 aliphatic carbocycles. The van der Waals surface area contributed by atoms with Gasteiger partial charge in [-0.3, -0.25) is 0 Å². The number of hydrogen-bond acceptors (Lipinski definition) is 2. The van der Waals surface area contributed by atoms with Crippen molar-refractivity contribution < 1.29 is 5.11 Å². The van der Waals surface area contributed by atoms with E-state index in [1.165, 1.54) is 38.5 Å². The standard InChI is InChI=1S/C16H31NO/c1-3-5-10-16(18,11-6-4-2)15-12-13-8-7-9-14(13)17-15/h13-15,17-18H,3-12H2,1-2H3/t13-,14-,15-/m1/s1. The number of aliphatic hydroxyl groups is 1. The monoisotopic (exact) mass is 253 g/mol. The SMILES string of the molecule is CCCCC(O)(CCCC)[C@H]1C[C@H]2CCC[C@H]2N1. The number of fused-ring (bicyclic) bond motifs is 1. The van der Waals surface area contributed by atoms with E-state index in [0.29, 0.717) is 12.1 Å². The highest BCUT2D eigenvalue weighted by Gasteiger charge is 2.45. The first-order valence-corrected chi connectivity index (χ1v) is 8.18. The number of rotatable bonds is 7. The average Bonchev–Trinajstić information content (AvgIpc) is 2.94. The fraction of sp³-hybridized carbons (Fsp3) is 1.00. The van der Waals surface area contributed by atoms with Crippen molar-refractivity contribution in [2.75, 3.05) is 0 Å². The van der Waals surface area contributed by atoms with Crippen LogP contribution >= 0.6 is 0 Å². The number of nitrogens with one attached hydrogen (secondary N) is 1. The molecule has 0 bridgehead atoms. The lowest BCUT2D eigenvalue weighted by Crippen LogP contribution is -2.49. The maximum Gasteiger partial charge on any atom is 0.0800 e. The zero-order chi connectivity index (χ0) is 13.0. The Bertz CT molecular complexity index is 233. The van der Waals surface area contributed by atoms with E-state index in [0.717, 1.165) is 31.6 Å². The van der Waals surface area contributed by atoms with Crippen LogP contribution < -0.4 is 5.32 Å². The first kappa shape index (κ1) is 14.3. The zero-order valence-corrected chi connectivity index (χ0v) is 12.3. The van der Waals surface area contributed by atoms with Gasteiger partial charge in [0.15, 0.2) is 0 Å². The van der Waals surface area contributed by atoms with Gasteiger partial charge in [-0.05, 0) is 38.0 Å². The Labute approximate surface area is 113 Å². The molecule has 0 unspecified atom stereocenters. The Morgan fingerprint density at radius 1 is 1.11 bits per heavy atom. The van der Waals surface area contributed by atoms with Crippen LogP contribution in [0, 0.1) is 5.92 Å². The molecule has 1 saturated heterocycles. The smallest absolute Gasteiger partial charge is 0.0800 e. The molecule has 0 aromatic rings. The lowest BCUT2D eigenvalue weighted by atomic mass is 9.82. The van der Waals surface area contributed by atoms with Crippen LogP contribution in [0.5, 0.6) is 0 Å². The summed E-state index contributed by atoms with van der Waals surface area (Å²) < 4.78 is 0. The van der Waals surface area contributed by atoms with Crippen LogP contribution in [0.4, 0.5) is 0 Å². The summed E-state index contributed by atoms with van der Waals surface area (Å²) in [5.74, 6) is 0.852. The van der Waals surface area contributed by atoms with Gasteiger partial charge in [0.05, 0.1) is 5.60 Å². The third-order valence-electron chi connectivity index (χ3n) is 5.19. The summed E-state index contributed by atoms with van der Waals surface area (Å²) in [5.41, 5.74) is -0.434. The Morgan fingerprint density at radius 2 is 1.78 bits per heavy atom. The van der Waals surface area contributed by atoms with Crippen molar-refractivity contribution in [3.63, 3.8) is 0 Å². The minimum atomic E-state index is -0.434. The van der Waals surface area contributed by atoms with Crippen molar-refractivity contribution in [3.8, 4) is 0 Å². The van der Waals surface area contributed by atoms with Crippen molar-refractivity contribution in [2.24, 2.45) is 5.92 Å². The van der Waals surface area contributed by atoms with E-state index in [1.807, 2.05) is 0 Å². The van der Waals surface area contributed by atoms with Crippen LogP contribution in [0.15, 0.2) is 0 Å². The van der Waals surface area contributed by atoms with Gasteiger partial charge in [0.25, 0.3) is 0 Å². The second-order valence-corrected chi connectivity index (χ2v) is 6.56. The van der Waals surface area contributed by atoms with Crippen molar-refractivity contribution in [2.45, 2.75) is 95.7 Å². The molecule has 0 amide bonds. The molecule has 1 aliphatic heterocycles. The fourth-order valence-corrected chi connectivity index (χ4v) is 3.98. The lowest BCUT2D eigenvalue weighted by Gasteiger charge is -2.35. The Morgan fingerprint density at radius 3 is 2.33 bits per heavy atom. The fourth-order valence-electron chi connectivity index (χ4n) is 3.98. The van der Waals surface area contributed by atoms with Gasteiger partial charge in [-0.1, -0.05) is 46.0 Å². The van der Waals surface area contributed by atoms with Crippen LogP contribution in [0.3, 0.4) is 0 Å². The van der Waals surface area contributed by atoms with E-state index < -0.39 is 5.60 Å². The second-order valence-electron chi connectivity index (χ2n) is 6.56. The van der Waals surface area contributed by atoms with Gasteiger partial charge >= 0.3 is 0 Å². The topological polar surface area (TPSA) is 32.3 Å². The van der Waals surface area contributed by atoms with Crippen LogP contribution in [0.25, 0.3) is 0 Å². The Kier molecular flexibility index (Phi) is 5.08. The van der Waals surface area contributed by atoms with E-state index in [-0.39, 0.29) is 0 Å². The summed E-state index contributed by atoms with van der Waals surface area (Å²) in [6.07, 6.45) is 12.0. The first-order chi connectivity index (χ1) is 8.69. The summed E-state index contributed by atoms with van der Waals surface area (Å²) in [6.45, 7) is 4.44. The summed E-state index contributed by atoms with van der Waals surface area (Å²) in [7, 11) is 0. The average molecular weight is 253 g/mol. The van der Waals surface area contributed by atoms with Crippen molar-refractivity contribution in [1.82, 2.24) is 5.32 Å². The molecule has 3 atom stereocenters. The third-order valence-corrected chi connectivity index (χ3v) is 5.19. The molecule has 2 aliphatic rings. The highest BCUT2D eigenvalue weighted by molar-refractivity contribution is 5.03. The third kappa shape index (κ3) is 3.08. The molecule has 2 nitrogen and oxygen atoms in total. The van der Waals surface area contributed by atoms with Crippen LogP contribution in [0.2, 0.25) is 0 Å². The van der Waals surface area contributed by atoms with Gasteiger partial charge in [0.2, 0.25) is 0 Å². The molecule has 1 heterocycles. The Hall–Kier alpha value is -0.0800. The normalized spacial score (nSPS) is 31.8. The van der Waals surface area contributed by atoms with Crippen molar-refractivity contribution in [1.29, 1.82) is 0 Å². The summed E-state index contributed by atoms with van der Waals surface area (Å²) in [6, 6.07) is 1.08. The van der Waals surface area contributed by atoms with E-state index >= 15 is 0 Å². The number of unbranched alkanes of at least 4 members (excludes halogenated alkanes) is 2. The molecule has 0 radical (unpaired) electrons. The van der Waals surface area contributed by atoms with E-state index in [1.54, 1.807) is 0 Å². The minimum absolute atomic E-state index is 0.367. The summed E-state index contributed by atoms with van der Waals surface area (Å²) in [5, 5.41) is 14.8. The number of hydrogen-bond donors (Lipinski definition) is 2. The quantitative estimate of drug-likeness (QED) is 0.726. The molecule has 2 rings (SSSR count). The van der Waals surface area contributed by atoms with E-state index in [2.05, 4.69) is 19.2 Å². The maximum absolute atomic E-state index is 11.1. The van der Waals surface area contributed by atoms with Gasteiger partial charge in [0.1, 0.15) is 0 Å². The van der Waals surface area contributed by atoms with Crippen LogP contribution in [-0.2, 0) is 0 Å². The van der Waals surface area contributed by atoms with Gasteiger partial charge in [-0.25, -0.2) is 0 Å². The molecule has 106 valence electrons. The Balaban J connectivity index is 1.95. The highest BCUT2D eigenvalue weighted by atomic mass is 16.3. The van der Waals surface area contributed by atoms with Crippen LogP contribution in [-0.4, -0.2) is 22.8 Å². The van der Waals surface area contributed by atoms with Crippen molar-refractivity contribution >= 4 is 0 Å². The summed E-state index contributed by atoms with van der Waals surface area (Å²) in [4.78, 5) is 0. The predicted octanol–water partition coefficient (Wildman–Crippen LogP) is 3.63. The van der Waals surface area contributed by atoms with Crippen molar-refractivity contribution in [3.05, 3.63) is 0 Å². The zero-order valence-electron chi connectivity index (χ0n) is 12.3. The second kappa shape index (κ2) is 6.38. The van der Waals surface area contributed by atoms with E-state index in [9.17, 15) is 5.11 Å². The molecule has 1 saturated carbocycles. The molecular weight excluding hydrogens is 222 g/mol. The minimum Gasteiger partial charge on any atom is -0.388 e. The van der Waals surface area contributed by atoms with Gasteiger partial charge in [-0.15, -0.1) is 0 Å². The van der Waals surface area contributed by atoms with Crippen LogP contribution in [0.1, 0.15) is 78.1 Å². The highest BCUT2D eigenvalue weighted by Crippen LogP contribution is 2.40. The summed E-state index contributed by atoms with van der Waals surface area (Å²) >= 11 is 0. The van der Waals surface area contributed by atoms with E-state index in [4.69, 9.17) is 0 Å². The van der Waals surface area contributed by atoms with Gasteiger partial charge in [-0.2, -0.15) is 0 Å². The first-order valence-electron chi connectivity index (χ1n) is 8.18. The lowest BCUT2D eigenvalue weighted by molar-refractivity contribution is -0.0146. The van der Waals surface area contributed by atoms with Gasteiger partial charge < -0.3 is 10.4 Å². The maximum atomic E-state index is 11.1. The van der Waals surface area contributed by atoms with Gasteiger partial charge in [0, 0.05) is 12.1 Å². The molecule has 0 spiro atoms.